The SMILES string of the molecule is Cc1cc(CNC(=O)C2CC(C(=O)Nc3ccc(F)c(C#N)c3)N(C)S(=O)N2)n(C)n1. The summed E-state index contributed by atoms with van der Waals surface area (Å²) in [5, 5.41) is 18.5. The first-order chi connectivity index (χ1) is 14.7. The molecule has 1 saturated heterocycles. The number of aryl methyl sites for hydroxylation is 2. The predicted octanol–water partition coefficient (Wildman–Crippen LogP) is 0.235. The van der Waals surface area contributed by atoms with E-state index >= 15 is 0 Å². The normalized spacial score (nSPS) is 21.3. The molecule has 2 aromatic rings. The van der Waals surface area contributed by atoms with Crippen LogP contribution in [0.1, 0.15) is 23.4 Å². The zero-order valence-corrected chi connectivity index (χ0v) is 18.0. The average molecular weight is 447 g/mol. The molecule has 1 aromatic heterocycles. The van der Waals surface area contributed by atoms with E-state index in [-0.39, 0.29) is 24.2 Å². The first-order valence-electron chi connectivity index (χ1n) is 9.38. The van der Waals surface area contributed by atoms with Gasteiger partial charge in [0.2, 0.25) is 11.8 Å². The topological polar surface area (TPSA) is 132 Å². The van der Waals surface area contributed by atoms with E-state index in [4.69, 9.17) is 5.26 Å². The number of anilines is 1. The van der Waals surface area contributed by atoms with E-state index in [1.165, 1.54) is 23.5 Å². The standard InChI is InChI=1S/C19H22FN7O3S/c1-11-6-14(26(2)24-11)10-22-18(28)16-8-17(27(3)31(30)25-16)19(29)23-13-4-5-15(20)12(7-13)9-21/h4-7,16-17,25H,8,10H2,1-3H3,(H,22,28)(H,23,29). The van der Waals surface area contributed by atoms with Crippen LogP contribution in [0.5, 0.6) is 0 Å². The number of hydrogen-bond acceptors (Lipinski definition) is 5. The molecule has 2 amide bonds. The summed E-state index contributed by atoms with van der Waals surface area (Å²) >= 11 is -1.77. The predicted molar refractivity (Wildman–Crippen MR) is 111 cm³/mol. The van der Waals surface area contributed by atoms with Crippen LogP contribution in [0.3, 0.4) is 0 Å². The van der Waals surface area contributed by atoms with Crippen LogP contribution in [-0.4, -0.2) is 49.2 Å². The van der Waals surface area contributed by atoms with Gasteiger partial charge in [0.15, 0.2) is 11.2 Å². The number of carbonyl (C=O) groups is 2. The number of aromatic nitrogens is 2. The molecule has 0 saturated carbocycles. The number of carbonyl (C=O) groups excluding carboxylic acids is 2. The Bertz CT molecular complexity index is 1080. The van der Waals surface area contributed by atoms with E-state index in [0.29, 0.717) is 0 Å². The quantitative estimate of drug-likeness (QED) is 0.604. The number of hydrogen-bond donors (Lipinski definition) is 3. The number of nitrogens with zero attached hydrogens (tertiary/aromatic N) is 4. The van der Waals surface area contributed by atoms with E-state index in [1.54, 1.807) is 17.8 Å². The van der Waals surface area contributed by atoms with Gasteiger partial charge in [-0.2, -0.15) is 10.4 Å². The van der Waals surface area contributed by atoms with Crippen molar-refractivity contribution in [2.45, 2.75) is 32.0 Å². The van der Waals surface area contributed by atoms with E-state index in [9.17, 15) is 18.2 Å². The fourth-order valence-corrected chi connectivity index (χ4v) is 4.24. The highest BCUT2D eigenvalue weighted by atomic mass is 32.2. The van der Waals surface area contributed by atoms with Gasteiger partial charge in [0.25, 0.3) is 0 Å². The number of amides is 2. The second kappa shape index (κ2) is 9.34. The molecule has 3 rings (SSSR count). The maximum atomic E-state index is 13.5. The highest BCUT2D eigenvalue weighted by molar-refractivity contribution is 7.80. The lowest BCUT2D eigenvalue weighted by Gasteiger charge is -2.34. The summed E-state index contributed by atoms with van der Waals surface area (Å²) in [6.45, 7) is 2.08. The van der Waals surface area contributed by atoms with Crippen molar-refractivity contribution in [1.29, 1.82) is 5.26 Å². The summed E-state index contributed by atoms with van der Waals surface area (Å²) in [6.07, 6.45) is 0.0661. The van der Waals surface area contributed by atoms with E-state index < -0.39 is 40.9 Å². The Hall–Kier alpha value is -3.14. The Morgan fingerprint density at radius 2 is 2.10 bits per heavy atom. The molecule has 1 aliphatic rings. The van der Waals surface area contributed by atoms with Gasteiger partial charge in [-0.3, -0.25) is 14.3 Å². The number of benzene rings is 1. The van der Waals surface area contributed by atoms with E-state index in [1.807, 2.05) is 13.0 Å². The lowest BCUT2D eigenvalue weighted by Crippen LogP contribution is -2.59. The van der Waals surface area contributed by atoms with Crippen molar-refractivity contribution in [3.63, 3.8) is 0 Å². The fourth-order valence-electron chi connectivity index (χ4n) is 3.22. The fraction of sp³-hybridized carbons (Fsp3) is 0.368. The Balaban J connectivity index is 1.67. The van der Waals surface area contributed by atoms with Crippen LogP contribution in [0, 0.1) is 24.1 Å². The monoisotopic (exact) mass is 447 g/mol. The number of halogens is 1. The molecular formula is C19H22FN7O3S. The second-order valence-corrected chi connectivity index (χ2v) is 8.44. The first kappa shape index (κ1) is 22.5. The van der Waals surface area contributed by atoms with Gasteiger partial charge in [-0.25, -0.2) is 17.6 Å². The molecule has 1 fully saturated rings. The van der Waals surface area contributed by atoms with Crippen LogP contribution in [-0.2, 0) is 34.4 Å². The summed E-state index contributed by atoms with van der Waals surface area (Å²) in [7, 11) is 3.26. The molecule has 2 heterocycles. The van der Waals surface area contributed by atoms with Gasteiger partial charge in [0.05, 0.1) is 23.5 Å². The highest BCUT2D eigenvalue weighted by Crippen LogP contribution is 2.19. The van der Waals surface area contributed by atoms with Gasteiger partial charge in [-0.15, -0.1) is 0 Å². The lowest BCUT2D eigenvalue weighted by atomic mass is 10.1. The zero-order chi connectivity index (χ0) is 22.7. The maximum Gasteiger partial charge on any atom is 0.242 e. The number of nitrogens with one attached hydrogen (secondary N) is 3. The van der Waals surface area contributed by atoms with Crippen molar-refractivity contribution in [2.24, 2.45) is 7.05 Å². The van der Waals surface area contributed by atoms with Gasteiger partial charge < -0.3 is 10.6 Å². The van der Waals surface area contributed by atoms with Crippen LogP contribution in [0.25, 0.3) is 0 Å². The molecule has 12 heteroatoms. The first-order valence-corrected chi connectivity index (χ1v) is 10.5. The Morgan fingerprint density at radius 3 is 2.74 bits per heavy atom. The molecule has 164 valence electrons. The largest absolute Gasteiger partial charge is 0.349 e. The van der Waals surface area contributed by atoms with Gasteiger partial charge in [0.1, 0.15) is 24.0 Å². The van der Waals surface area contributed by atoms with E-state index in [2.05, 4.69) is 20.5 Å². The average Bonchev–Trinajstić information content (AvgIpc) is 3.06. The summed E-state index contributed by atoms with van der Waals surface area (Å²) < 4.78 is 31.6. The molecule has 0 aliphatic carbocycles. The molecule has 3 atom stereocenters. The van der Waals surface area contributed by atoms with Crippen molar-refractivity contribution < 1.29 is 18.2 Å². The van der Waals surface area contributed by atoms with Gasteiger partial charge in [-0.1, -0.05) is 0 Å². The third-order valence-electron chi connectivity index (χ3n) is 4.92. The Labute approximate surface area is 181 Å². The van der Waals surface area contributed by atoms with Crippen LogP contribution in [0.15, 0.2) is 24.3 Å². The highest BCUT2D eigenvalue weighted by Gasteiger charge is 2.38. The lowest BCUT2D eigenvalue weighted by molar-refractivity contribution is -0.124. The summed E-state index contributed by atoms with van der Waals surface area (Å²) in [5.74, 6) is -1.61. The van der Waals surface area contributed by atoms with Crippen LogP contribution in [0.4, 0.5) is 10.1 Å². The Morgan fingerprint density at radius 1 is 1.35 bits per heavy atom. The Kier molecular flexibility index (Phi) is 6.79. The minimum Gasteiger partial charge on any atom is -0.349 e. The van der Waals surface area contributed by atoms with Crippen LogP contribution < -0.4 is 15.4 Å². The molecule has 1 aromatic carbocycles. The molecular weight excluding hydrogens is 425 g/mol. The minimum absolute atomic E-state index is 0.0661. The molecule has 10 nitrogen and oxygen atoms in total. The number of rotatable bonds is 5. The van der Waals surface area contributed by atoms with Gasteiger partial charge in [0, 0.05) is 19.8 Å². The number of likely N-dealkylation sites (N-methyl/N-ethyl adjacent to an activating group) is 1. The van der Waals surface area contributed by atoms with E-state index in [0.717, 1.165) is 17.5 Å². The smallest absolute Gasteiger partial charge is 0.242 e. The summed E-state index contributed by atoms with van der Waals surface area (Å²) in [5.41, 5.74) is 1.65. The van der Waals surface area contributed by atoms with Crippen LogP contribution in [0.2, 0.25) is 0 Å². The van der Waals surface area contributed by atoms with Crippen molar-refractivity contribution in [1.82, 2.24) is 24.1 Å². The minimum atomic E-state index is -1.77. The molecule has 31 heavy (non-hydrogen) atoms. The molecule has 3 unspecified atom stereocenters. The molecule has 1 aliphatic heterocycles. The van der Waals surface area contributed by atoms with Crippen molar-refractivity contribution >= 4 is 28.7 Å². The summed E-state index contributed by atoms with van der Waals surface area (Å²) in [6, 6.07) is 5.43. The van der Waals surface area contributed by atoms with Gasteiger partial charge in [-0.05, 0) is 37.6 Å². The number of nitriles is 1. The molecule has 0 spiro atoms. The second-order valence-electron chi connectivity index (χ2n) is 7.13. The third-order valence-corrected chi connectivity index (χ3v) is 6.18. The summed E-state index contributed by atoms with van der Waals surface area (Å²) in [4.78, 5) is 25.4. The van der Waals surface area contributed by atoms with Crippen LogP contribution >= 0.6 is 0 Å². The third kappa shape index (κ3) is 5.13. The van der Waals surface area contributed by atoms with Crippen molar-refractivity contribution in [3.05, 3.63) is 47.0 Å². The zero-order valence-electron chi connectivity index (χ0n) is 17.2. The van der Waals surface area contributed by atoms with Gasteiger partial charge >= 0.3 is 0 Å². The van der Waals surface area contributed by atoms with Crippen molar-refractivity contribution in [3.8, 4) is 6.07 Å². The maximum absolute atomic E-state index is 13.5. The molecule has 0 radical (unpaired) electrons. The molecule has 0 bridgehead atoms. The van der Waals surface area contributed by atoms with Crippen molar-refractivity contribution in [2.75, 3.05) is 12.4 Å². The molecule has 3 N–H and O–H groups in total.